The zero-order valence-electron chi connectivity index (χ0n) is 20.6. The highest BCUT2D eigenvalue weighted by Crippen LogP contribution is 2.66. The van der Waals surface area contributed by atoms with Crippen molar-refractivity contribution in [2.45, 2.75) is 105 Å². The average molecular weight is 413 g/mol. The van der Waals surface area contributed by atoms with Crippen LogP contribution >= 0.6 is 0 Å². The Morgan fingerprint density at radius 3 is 2.53 bits per heavy atom. The van der Waals surface area contributed by atoms with Crippen molar-refractivity contribution in [3.05, 3.63) is 23.3 Å². The predicted octanol–water partition coefficient (Wildman–Crippen LogP) is 7.95. The molecule has 170 valence electrons. The van der Waals surface area contributed by atoms with Crippen molar-refractivity contribution in [2.75, 3.05) is 6.61 Å². The summed E-state index contributed by atoms with van der Waals surface area (Å²) >= 11 is 0. The van der Waals surface area contributed by atoms with Gasteiger partial charge in [0, 0.05) is 0 Å². The van der Waals surface area contributed by atoms with Gasteiger partial charge in [-0.05, 0) is 104 Å². The number of hydrogen-bond donors (Lipinski definition) is 1. The number of aliphatic hydroxyl groups is 1. The van der Waals surface area contributed by atoms with Gasteiger partial charge in [0.1, 0.15) is 0 Å². The van der Waals surface area contributed by atoms with Crippen LogP contribution in [0, 0.1) is 46.3 Å². The van der Waals surface area contributed by atoms with Crippen LogP contribution in [-0.4, -0.2) is 11.7 Å². The second-order valence-electron chi connectivity index (χ2n) is 12.4. The highest BCUT2D eigenvalue weighted by atomic mass is 16.2. The maximum Gasteiger partial charge on any atom is 0.0615 e. The first-order valence-electron chi connectivity index (χ1n) is 13.3. The largest absolute Gasteiger partial charge is 0.392 e. The molecule has 7 atom stereocenters. The first-order valence-corrected chi connectivity index (χ1v) is 13.3. The molecule has 0 aromatic carbocycles. The Bertz CT molecular complexity index is 672. The molecular weight excluding hydrogens is 364 g/mol. The van der Waals surface area contributed by atoms with E-state index in [0.29, 0.717) is 16.7 Å². The number of hydrogen-bond acceptors (Lipinski definition) is 1. The topological polar surface area (TPSA) is 20.2 Å². The number of aliphatic hydroxyl groups excluding tert-OH is 1. The fraction of sp³-hybridized carbons (Fsp3) is 0.862. The fourth-order valence-corrected chi connectivity index (χ4v) is 8.86. The maximum absolute atomic E-state index is 9.39. The molecule has 3 fully saturated rings. The van der Waals surface area contributed by atoms with Crippen LogP contribution in [0.1, 0.15) is 105 Å². The Morgan fingerprint density at radius 2 is 1.80 bits per heavy atom. The maximum atomic E-state index is 9.39. The molecule has 0 aliphatic heterocycles. The van der Waals surface area contributed by atoms with Crippen LogP contribution in [0.2, 0.25) is 0 Å². The standard InChI is InChI=1S/C29H48O/c1-20(2)22(16-19-30)10-9-21(3)25-13-14-26-24-12-11-23-8-6-7-17-28(23,4)27(24)15-18-29(25,26)5/h12,16,20-21,23,25-27,30H,6-11,13-15,17-19H2,1-5H3/t21-,23?,25-,26+,27+,28+,29-/m1/s1. The van der Waals surface area contributed by atoms with E-state index in [1.54, 1.807) is 0 Å². The third-order valence-electron chi connectivity index (χ3n) is 10.7. The van der Waals surface area contributed by atoms with Crippen LogP contribution in [-0.2, 0) is 0 Å². The summed E-state index contributed by atoms with van der Waals surface area (Å²) in [5, 5.41) is 9.39. The smallest absolute Gasteiger partial charge is 0.0615 e. The van der Waals surface area contributed by atoms with Crippen molar-refractivity contribution in [3.8, 4) is 0 Å². The van der Waals surface area contributed by atoms with E-state index in [9.17, 15) is 5.11 Å². The lowest BCUT2D eigenvalue weighted by Gasteiger charge is -2.57. The second-order valence-corrected chi connectivity index (χ2v) is 12.4. The zero-order valence-corrected chi connectivity index (χ0v) is 20.6. The summed E-state index contributed by atoms with van der Waals surface area (Å²) in [5.41, 5.74) is 4.51. The van der Waals surface area contributed by atoms with E-state index >= 15 is 0 Å². The first kappa shape index (κ1) is 22.6. The van der Waals surface area contributed by atoms with Gasteiger partial charge >= 0.3 is 0 Å². The van der Waals surface area contributed by atoms with Crippen LogP contribution in [0.4, 0.5) is 0 Å². The van der Waals surface area contributed by atoms with Crippen molar-refractivity contribution in [3.63, 3.8) is 0 Å². The molecule has 0 bridgehead atoms. The molecule has 30 heavy (non-hydrogen) atoms. The molecule has 1 N–H and O–H groups in total. The SMILES string of the molecule is CC(C)C(=CCO)CC[C@@H](C)[C@H]1CC[C@H]2C3=CCC4CCCC[C@]4(C)[C@H]3CC[C@]12C. The molecular formula is C29H48O. The molecule has 0 aromatic heterocycles. The Hall–Kier alpha value is -0.560. The molecule has 0 saturated heterocycles. The molecule has 0 amide bonds. The van der Waals surface area contributed by atoms with Gasteiger partial charge in [0.25, 0.3) is 0 Å². The van der Waals surface area contributed by atoms with Crippen molar-refractivity contribution < 1.29 is 5.11 Å². The van der Waals surface area contributed by atoms with E-state index in [0.717, 1.165) is 29.6 Å². The molecule has 0 aromatic rings. The molecule has 0 spiro atoms. The van der Waals surface area contributed by atoms with Crippen LogP contribution < -0.4 is 0 Å². The molecule has 3 saturated carbocycles. The fourth-order valence-electron chi connectivity index (χ4n) is 8.86. The third kappa shape index (κ3) is 3.76. The molecule has 4 rings (SSSR count). The van der Waals surface area contributed by atoms with Crippen LogP contribution in [0.15, 0.2) is 23.3 Å². The highest BCUT2D eigenvalue weighted by Gasteiger charge is 2.57. The van der Waals surface area contributed by atoms with Crippen LogP contribution in [0.3, 0.4) is 0 Å². The lowest BCUT2D eigenvalue weighted by molar-refractivity contribution is -0.00783. The molecule has 1 nitrogen and oxygen atoms in total. The van der Waals surface area contributed by atoms with Crippen molar-refractivity contribution in [1.29, 1.82) is 0 Å². The van der Waals surface area contributed by atoms with E-state index in [2.05, 4.69) is 46.8 Å². The lowest BCUT2D eigenvalue weighted by Crippen LogP contribution is -2.48. The van der Waals surface area contributed by atoms with Crippen molar-refractivity contribution >= 4 is 0 Å². The van der Waals surface area contributed by atoms with E-state index < -0.39 is 0 Å². The Balaban J connectivity index is 1.48. The van der Waals surface area contributed by atoms with Gasteiger partial charge in [0.05, 0.1) is 6.61 Å². The van der Waals surface area contributed by atoms with Gasteiger partial charge < -0.3 is 5.11 Å². The molecule has 4 aliphatic rings. The Morgan fingerprint density at radius 1 is 1.03 bits per heavy atom. The molecule has 1 unspecified atom stereocenters. The molecule has 4 aliphatic carbocycles. The third-order valence-corrected chi connectivity index (χ3v) is 10.7. The van der Waals surface area contributed by atoms with E-state index in [1.807, 2.05) is 5.57 Å². The van der Waals surface area contributed by atoms with Gasteiger partial charge in [-0.2, -0.15) is 0 Å². The molecule has 0 heterocycles. The minimum absolute atomic E-state index is 0.195. The van der Waals surface area contributed by atoms with Gasteiger partial charge in [-0.15, -0.1) is 0 Å². The van der Waals surface area contributed by atoms with Crippen LogP contribution in [0.25, 0.3) is 0 Å². The Labute approximate surface area is 186 Å². The summed E-state index contributed by atoms with van der Waals surface area (Å²) in [6.45, 7) is 12.6. The Kier molecular flexibility index (Phi) is 6.61. The van der Waals surface area contributed by atoms with Gasteiger partial charge in [0.2, 0.25) is 0 Å². The van der Waals surface area contributed by atoms with Gasteiger partial charge in [0.15, 0.2) is 0 Å². The first-order chi connectivity index (χ1) is 14.3. The summed E-state index contributed by atoms with van der Waals surface area (Å²) in [5.74, 6) is 4.95. The summed E-state index contributed by atoms with van der Waals surface area (Å²) in [6, 6.07) is 0. The minimum Gasteiger partial charge on any atom is -0.392 e. The average Bonchev–Trinajstić information content (AvgIpc) is 3.07. The quantitative estimate of drug-likeness (QED) is 0.439. The molecule has 0 radical (unpaired) electrons. The van der Waals surface area contributed by atoms with Gasteiger partial charge in [-0.3, -0.25) is 0 Å². The number of allylic oxidation sites excluding steroid dienone is 3. The summed E-state index contributed by atoms with van der Waals surface area (Å²) < 4.78 is 0. The van der Waals surface area contributed by atoms with Crippen molar-refractivity contribution in [1.82, 2.24) is 0 Å². The van der Waals surface area contributed by atoms with Crippen molar-refractivity contribution in [2.24, 2.45) is 46.3 Å². The predicted molar refractivity (Wildman–Crippen MR) is 128 cm³/mol. The van der Waals surface area contributed by atoms with Gasteiger partial charge in [-0.1, -0.05) is 70.8 Å². The summed E-state index contributed by atoms with van der Waals surface area (Å²) in [6.07, 6.45) is 20.4. The zero-order chi connectivity index (χ0) is 21.5. The summed E-state index contributed by atoms with van der Waals surface area (Å²) in [7, 11) is 0. The monoisotopic (exact) mass is 412 g/mol. The van der Waals surface area contributed by atoms with Gasteiger partial charge in [-0.25, -0.2) is 0 Å². The second kappa shape index (κ2) is 8.76. The normalized spacial score (nSPS) is 42.4. The number of fused-ring (bicyclic) bond motifs is 5. The minimum atomic E-state index is 0.195. The summed E-state index contributed by atoms with van der Waals surface area (Å²) in [4.78, 5) is 0. The molecule has 1 heteroatoms. The van der Waals surface area contributed by atoms with Crippen LogP contribution in [0.5, 0.6) is 0 Å². The van der Waals surface area contributed by atoms with E-state index in [4.69, 9.17) is 0 Å². The lowest BCUT2D eigenvalue weighted by atomic mass is 9.48. The van der Waals surface area contributed by atoms with E-state index in [1.165, 1.54) is 76.2 Å². The van der Waals surface area contributed by atoms with E-state index in [-0.39, 0.29) is 6.61 Å². The highest BCUT2D eigenvalue weighted by molar-refractivity contribution is 5.27. The number of rotatable bonds is 6.